The molecule has 14 heavy (non-hydrogen) atoms. The Labute approximate surface area is 82.6 Å². The van der Waals surface area contributed by atoms with Gasteiger partial charge in [0.1, 0.15) is 5.82 Å². The summed E-state index contributed by atoms with van der Waals surface area (Å²) in [5.74, 6) is 1.98. The van der Waals surface area contributed by atoms with Crippen LogP contribution in [0.3, 0.4) is 0 Å². The summed E-state index contributed by atoms with van der Waals surface area (Å²) in [6, 6.07) is 3.87. The second-order valence-electron chi connectivity index (χ2n) is 3.13. The Morgan fingerprint density at radius 3 is 2.79 bits per heavy atom. The number of pyridine rings is 1. The zero-order valence-electron chi connectivity index (χ0n) is 7.44. The molecule has 0 aromatic carbocycles. The molecule has 0 aliphatic heterocycles. The molecule has 2 aromatic heterocycles. The van der Waals surface area contributed by atoms with E-state index in [0.717, 1.165) is 22.9 Å². The van der Waals surface area contributed by atoms with Crippen molar-refractivity contribution in [3.63, 3.8) is 0 Å². The van der Waals surface area contributed by atoms with E-state index in [1.54, 1.807) is 6.20 Å². The molecule has 67 valence electrons. The minimum Gasteiger partial charge on any atom is -0.340 e. The highest BCUT2D eigenvalue weighted by molar-refractivity contribution is 5.71. The summed E-state index contributed by atoms with van der Waals surface area (Å²) in [5, 5.41) is 0. The van der Waals surface area contributed by atoms with Gasteiger partial charge >= 0.3 is 0 Å². The van der Waals surface area contributed by atoms with Crippen molar-refractivity contribution in [3.05, 3.63) is 55.8 Å². The van der Waals surface area contributed by atoms with Crippen molar-refractivity contribution in [3.8, 4) is 0 Å². The molecule has 0 saturated heterocycles. The van der Waals surface area contributed by atoms with Gasteiger partial charge in [-0.25, -0.2) is 9.97 Å². The Hall–Kier alpha value is -1.38. The number of fused-ring (bicyclic) bond motifs is 1. The Balaban J connectivity index is 2.05. The van der Waals surface area contributed by atoms with Crippen LogP contribution in [-0.4, -0.2) is 15.0 Å². The Morgan fingerprint density at radius 1 is 1.14 bits per heavy atom. The summed E-state index contributed by atoms with van der Waals surface area (Å²) >= 11 is 0. The predicted octanol–water partition coefficient (Wildman–Crippen LogP) is 1.71. The third-order valence-electron chi connectivity index (χ3n) is 2.19. The zero-order chi connectivity index (χ0) is 9.38. The van der Waals surface area contributed by atoms with E-state index in [9.17, 15) is 0 Å². The van der Waals surface area contributed by atoms with E-state index in [2.05, 4.69) is 15.0 Å². The van der Waals surface area contributed by atoms with Gasteiger partial charge in [0.05, 0.1) is 5.52 Å². The van der Waals surface area contributed by atoms with Gasteiger partial charge in [-0.15, -0.1) is 0 Å². The lowest BCUT2D eigenvalue weighted by atomic mass is 10.1. The zero-order valence-corrected chi connectivity index (χ0v) is 7.44. The van der Waals surface area contributed by atoms with Crippen molar-refractivity contribution in [1.82, 2.24) is 15.0 Å². The number of imidazole rings is 1. The molecule has 0 amide bonds. The van der Waals surface area contributed by atoms with Crippen LogP contribution in [-0.2, 0) is 0 Å². The number of hydrogen-bond acceptors (Lipinski definition) is 2. The SMILES string of the molecule is [CH]1[CH][CH][C](c2nc3ncccc3[nH]2)[CH]1. The number of rotatable bonds is 1. The van der Waals surface area contributed by atoms with Crippen molar-refractivity contribution in [2.24, 2.45) is 0 Å². The van der Waals surface area contributed by atoms with Crippen LogP contribution in [0.15, 0.2) is 18.3 Å². The maximum atomic E-state index is 4.39. The predicted molar refractivity (Wildman–Crippen MR) is 53.4 cm³/mol. The number of aromatic amines is 1. The summed E-state index contributed by atoms with van der Waals surface area (Å²) in [5.41, 5.74) is 1.74. The molecule has 3 rings (SSSR count). The fourth-order valence-corrected chi connectivity index (χ4v) is 1.51. The van der Waals surface area contributed by atoms with Gasteiger partial charge in [0, 0.05) is 12.1 Å². The molecular formula is C11H8N3. The topological polar surface area (TPSA) is 41.6 Å². The molecule has 0 atom stereocenters. The van der Waals surface area contributed by atoms with Gasteiger partial charge in [0.25, 0.3) is 0 Å². The molecule has 0 bridgehead atoms. The quantitative estimate of drug-likeness (QED) is 0.729. The standard InChI is InChI=1S/C11H8N3/c1-2-5-8(4-1)10-13-9-6-3-7-12-11(9)14-10/h1-7H,(H,12,13,14). The maximum absolute atomic E-state index is 4.39. The fraction of sp³-hybridized carbons (Fsp3) is 0. The largest absolute Gasteiger partial charge is 0.340 e. The third-order valence-corrected chi connectivity index (χ3v) is 2.19. The van der Waals surface area contributed by atoms with Crippen molar-refractivity contribution in [2.75, 3.05) is 0 Å². The fourth-order valence-electron chi connectivity index (χ4n) is 1.51. The van der Waals surface area contributed by atoms with Crippen LogP contribution < -0.4 is 0 Å². The van der Waals surface area contributed by atoms with E-state index in [0.29, 0.717) is 0 Å². The van der Waals surface area contributed by atoms with E-state index in [4.69, 9.17) is 0 Å². The lowest BCUT2D eigenvalue weighted by Gasteiger charge is -2.00. The van der Waals surface area contributed by atoms with Gasteiger partial charge in [-0.3, -0.25) is 0 Å². The van der Waals surface area contributed by atoms with Crippen LogP contribution in [0, 0.1) is 31.6 Å². The molecule has 2 heterocycles. The minimum absolute atomic E-state index is 0.767. The Morgan fingerprint density at radius 2 is 2.00 bits per heavy atom. The van der Waals surface area contributed by atoms with E-state index in [1.807, 2.05) is 37.8 Å². The average molecular weight is 182 g/mol. The summed E-state index contributed by atoms with van der Waals surface area (Å²) in [7, 11) is 0. The first-order valence-electron chi connectivity index (χ1n) is 4.46. The number of nitrogens with one attached hydrogen (secondary N) is 1. The highest BCUT2D eigenvalue weighted by Gasteiger charge is 2.22. The Bertz CT molecular complexity index is 407. The van der Waals surface area contributed by atoms with Gasteiger partial charge in [-0.1, -0.05) is 0 Å². The minimum atomic E-state index is 0.767. The summed E-state index contributed by atoms with van der Waals surface area (Å²) in [4.78, 5) is 11.8. The van der Waals surface area contributed by atoms with Gasteiger partial charge < -0.3 is 4.98 Å². The molecule has 0 unspecified atom stereocenters. The van der Waals surface area contributed by atoms with Crippen LogP contribution in [0.1, 0.15) is 5.82 Å². The summed E-state index contributed by atoms with van der Waals surface area (Å²) < 4.78 is 0. The molecule has 0 spiro atoms. The van der Waals surface area contributed by atoms with E-state index >= 15 is 0 Å². The van der Waals surface area contributed by atoms with E-state index in [1.165, 1.54) is 0 Å². The van der Waals surface area contributed by atoms with Crippen LogP contribution in [0.2, 0.25) is 0 Å². The number of nitrogens with zero attached hydrogens (tertiary/aromatic N) is 2. The molecule has 5 radical (unpaired) electrons. The monoisotopic (exact) mass is 182 g/mol. The van der Waals surface area contributed by atoms with Crippen molar-refractivity contribution < 1.29 is 0 Å². The first-order chi connectivity index (χ1) is 6.93. The smallest absolute Gasteiger partial charge is 0.177 e. The first kappa shape index (κ1) is 7.97. The normalized spacial score (nSPS) is 18.0. The van der Waals surface area contributed by atoms with Crippen LogP contribution in [0.5, 0.6) is 0 Å². The molecule has 1 saturated carbocycles. The average Bonchev–Trinajstić information content (AvgIpc) is 2.86. The molecule has 1 N–H and O–H groups in total. The third kappa shape index (κ3) is 1.20. The molecular weight excluding hydrogens is 174 g/mol. The second-order valence-corrected chi connectivity index (χ2v) is 3.13. The highest BCUT2D eigenvalue weighted by Crippen LogP contribution is 2.28. The van der Waals surface area contributed by atoms with Gasteiger partial charge in [0.15, 0.2) is 5.65 Å². The van der Waals surface area contributed by atoms with Gasteiger partial charge in [-0.05, 0) is 37.8 Å². The van der Waals surface area contributed by atoms with Crippen LogP contribution >= 0.6 is 0 Å². The molecule has 2 aromatic rings. The Kier molecular flexibility index (Phi) is 1.76. The molecule has 3 nitrogen and oxygen atoms in total. The van der Waals surface area contributed by atoms with Crippen molar-refractivity contribution >= 4 is 11.2 Å². The van der Waals surface area contributed by atoms with Crippen molar-refractivity contribution in [1.29, 1.82) is 0 Å². The summed E-state index contributed by atoms with van der Waals surface area (Å²) in [6.45, 7) is 0. The number of H-pyrrole nitrogens is 1. The van der Waals surface area contributed by atoms with Gasteiger partial charge in [0.2, 0.25) is 0 Å². The van der Waals surface area contributed by atoms with Crippen molar-refractivity contribution in [2.45, 2.75) is 0 Å². The molecule has 1 aliphatic carbocycles. The van der Waals surface area contributed by atoms with E-state index in [-0.39, 0.29) is 0 Å². The summed E-state index contributed by atoms with van der Waals surface area (Å²) in [6.07, 6.45) is 9.79. The second kappa shape index (κ2) is 3.08. The van der Waals surface area contributed by atoms with Crippen LogP contribution in [0.25, 0.3) is 11.2 Å². The number of aromatic nitrogens is 3. The highest BCUT2D eigenvalue weighted by atomic mass is 15.0. The lowest BCUT2D eigenvalue weighted by molar-refractivity contribution is 1.10. The molecule has 3 heteroatoms. The molecule has 1 aliphatic rings. The molecule has 1 fully saturated rings. The maximum Gasteiger partial charge on any atom is 0.177 e. The lowest BCUT2D eigenvalue weighted by Crippen LogP contribution is -1.96. The van der Waals surface area contributed by atoms with E-state index < -0.39 is 0 Å². The van der Waals surface area contributed by atoms with Crippen LogP contribution in [0.4, 0.5) is 0 Å². The first-order valence-corrected chi connectivity index (χ1v) is 4.46. The van der Waals surface area contributed by atoms with Gasteiger partial charge in [-0.2, -0.15) is 0 Å². The number of hydrogen-bond donors (Lipinski definition) is 1.